The molecule has 1 N–H and O–H groups in total. The summed E-state index contributed by atoms with van der Waals surface area (Å²) in [5, 5.41) is 6.85. The number of alkyl halides is 3. The first-order valence-corrected chi connectivity index (χ1v) is 12.5. The predicted octanol–water partition coefficient (Wildman–Crippen LogP) is 5.40. The molecule has 1 fully saturated rings. The Hall–Kier alpha value is -3.11. The first kappa shape index (κ1) is 27.9. The van der Waals surface area contributed by atoms with Gasteiger partial charge in [0.05, 0.1) is 5.71 Å². The summed E-state index contributed by atoms with van der Waals surface area (Å²) in [6.07, 6.45) is -3.11. The van der Waals surface area contributed by atoms with Gasteiger partial charge in [0.1, 0.15) is 13.1 Å². The number of carbonyl (C=O) groups is 3. The topological polar surface area (TPSA) is 88.1 Å². The van der Waals surface area contributed by atoms with Crippen LogP contribution in [0.1, 0.15) is 53.2 Å². The van der Waals surface area contributed by atoms with E-state index in [9.17, 15) is 27.6 Å². The molecule has 0 saturated heterocycles. The Balaban J connectivity index is 1.51. The highest BCUT2D eigenvalue weighted by molar-refractivity contribution is 6.34. The molecule has 1 unspecified atom stereocenters. The number of rotatable bonds is 7. The van der Waals surface area contributed by atoms with Crippen molar-refractivity contribution < 1.29 is 32.4 Å². The lowest BCUT2D eigenvalue weighted by atomic mass is 9.88. The number of oxime groups is 1. The first-order chi connectivity index (χ1) is 17.8. The Morgan fingerprint density at radius 2 is 1.79 bits per heavy atom. The van der Waals surface area contributed by atoms with Gasteiger partial charge in [-0.1, -0.05) is 34.4 Å². The fourth-order valence-corrected chi connectivity index (χ4v) is 4.66. The van der Waals surface area contributed by atoms with Gasteiger partial charge in [-0.05, 0) is 68.1 Å². The SMILES string of the molecule is Cc1cc(C2=NOC(C)(c3cc(Cl)cc(Cl)c3)C2)ccc1C(=O)N(CC(=O)NCC(F)(F)F)C(=O)C1CC1. The summed E-state index contributed by atoms with van der Waals surface area (Å²) in [6, 6.07) is 9.95. The summed E-state index contributed by atoms with van der Waals surface area (Å²) >= 11 is 12.3. The van der Waals surface area contributed by atoms with Crippen LogP contribution in [0.25, 0.3) is 0 Å². The molecule has 7 nitrogen and oxygen atoms in total. The number of halogens is 5. The van der Waals surface area contributed by atoms with E-state index < -0.39 is 48.5 Å². The quantitative estimate of drug-likeness (QED) is 0.452. The van der Waals surface area contributed by atoms with Gasteiger partial charge in [-0.3, -0.25) is 19.3 Å². The third kappa shape index (κ3) is 6.47. The van der Waals surface area contributed by atoms with E-state index in [-0.39, 0.29) is 5.56 Å². The van der Waals surface area contributed by atoms with Crippen molar-refractivity contribution in [2.75, 3.05) is 13.1 Å². The molecule has 2 aromatic rings. The third-order valence-corrected chi connectivity index (χ3v) is 6.79. The van der Waals surface area contributed by atoms with E-state index in [1.165, 1.54) is 6.07 Å². The van der Waals surface area contributed by atoms with E-state index >= 15 is 0 Å². The van der Waals surface area contributed by atoms with Gasteiger partial charge in [0, 0.05) is 33.5 Å². The molecular weight excluding hydrogens is 546 g/mol. The number of nitrogens with one attached hydrogen (secondary N) is 1. The number of benzene rings is 2. The van der Waals surface area contributed by atoms with Crippen LogP contribution in [0.4, 0.5) is 13.2 Å². The molecule has 202 valence electrons. The Kier molecular flexibility index (Phi) is 7.76. The van der Waals surface area contributed by atoms with Crippen LogP contribution in [-0.2, 0) is 20.0 Å². The number of carbonyl (C=O) groups excluding carboxylic acids is 3. The average Bonchev–Trinajstić information content (AvgIpc) is 3.60. The van der Waals surface area contributed by atoms with Crippen molar-refractivity contribution >= 4 is 46.6 Å². The minimum Gasteiger partial charge on any atom is -0.384 e. The molecule has 3 amide bonds. The van der Waals surface area contributed by atoms with Gasteiger partial charge in [-0.2, -0.15) is 13.2 Å². The molecule has 0 aromatic heterocycles. The normalized spacial score (nSPS) is 19.0. The smallest absolute Gasteiger partial charge is 0.384 e. The van der Waals surface area contributed by atoms with Crippen LogP contribution in [-0.4, -0.2) is 47.6 Å². The van der Waals surface area contributed by atoms with Crippen LogP contribution >= 0.6 is 23.2 Å². The van der Waals surface area contributed by atoms with Gasteiger partial charge in [-0.25, -0.2) is 0 Å². The Bertz CT molecular complexity index is 1310. The largest absolute Gasteiger partial charge is 0.405 e. The van der Waals surface area contributed by atoms with Gasteiger partial charge in [0.2, 0.25) is 11.8 Å². The van der Waals surface area contributed by atoms with E-state index in [1.807, 2.05) is 6.92 Å². The first-order valence-electron chi connectivity index (χ1n) is 11.8. The summed E-state index contributed by atoms with van der Waals surface area (Å²) in [7, 11) is 0. The maximum Gasteiger partial charge on any atom is 0.405 e. The van der Waals surface area contributed by atoms with Crippen molar-refractivity contribution in [1.29, 1.82) is 0 Å². The molecule has 1 heterocycles. The Morgan fingerprint density at radius 3 is 2.37 bits per heavy atom. The number of aryl methyl sites for hydroxylation is 1. The second-order valence-electron chi connectivity index (χ2n) is 9.62. The second kappa shape index (κ2) is 10.6. The molecule has 4 rings (SSSR count). The maximum atomic E-state index is 13.3. The van der Waals surface area contributed by atoms with Gasteiger partial charge in [-0.15, -0.1) is 0 Å². The molecule has 1 aliphatic heterocycles. The fourth-order valence-electron chi connectivity index (χ4n) is 4.14. The molecule has 1 atom stereocenters. The van der Waals surface area contributed by atoms with Crippen LogP contribution in [0.3, 0.4) is 0 Å². The molecule has 2 aromatic carbocycles. The number of amides is 3. The van der Waals surface area contributed by atoms with Crippen LogP contribution in [0.15, 0.2) is 41.6 Å². The molecule has 1 aliphatic carbocycles. The van der Waals surface area contributed by atoms with Crippen molar-refractivity contribution in [1.82, 2.24) is 10.2 Å². The van der Waals surface area contributed by atoms with Gasteiger partial charge in [0.15, 0.2) is 5.60 Å². The minimum absolute atomic E-state index is 0.148. The third-order valence-electron chi connectivity index (χ3n) is 6.35. The molecule has 0 bridgehead atoms. The van der Waals surface area contributed by atoms with Crippen LogP contribution in [0.5, 0.6) is 0 Å². The zero-order chi connectivity index (χ0) is 27.8. The summed E-state index contributed by atoms with van der Waals surface area (Å²) in [5.41, 5.74) is 1.87. The van der Waals surface area contributed by atoms with E-state index in [1.54, 1.807) is 42.6 Å². The standard InChI is InChI=1S/C26H24Cl2F3N3O4/c1-14-7-16(21-11-25(2,38-33-21)17-8-18(27)10-19(28)9-17)5-6-20(14)24(37)34(23(36)15-3-4-15)12-22(35)32-13-26(29,30)31/h5-10,15H,3-4,11-13H2,1-2H3,(H,32,35). The summed E-state index contributed by atoms with van der Waals surface area (Å²) in [6.45, 7) is 1.16. The van der Waals surface area contributed by atoms with Crippen molar-refractivity contribution in [3.8, 4) is 0 Å². The monoisotopic (exact) mass is 569 g/mol. The Morgan fingerprint density at radius 1 is 1.13 bits per heavy atom. The lowest BCUT2D eigenvalue weighted by Gasteiger charge is -2.23. The highest BCUT2D eigenvalue weighted by Crippen LogP contribution is 2.38. The van der Waals surface area contributed by atoms with Crippen LogP contribution in [0, 0.1) is 12.8 Å². The van der Waals surface area contributed by atoms with E-state index in [4.69, 9.17) is 28.0 Å². The number of hydrogen-bond donors (Lipinski definition) is 1. The van der Waals surface area contributed by atoms with Crippen LogP contribution in [0.2, 0.25) is 10.0 Å². The zero-order valence-electron chi connectivity index (χ0n) is 20.5. The number of nitrogens with zero attached hydrogens (tertiary/aromatic N) is 2. The van der Waals surface area contributed by atoms with E-state index in [0.717, 1.165) is 10.5 Å². The summed E-state index contributed by atoms with van der Waals surface area (Å²) in [4.78, 5) is 44.6. The van der Waals surface area contributed by atoms with Gasteiger partial charge in [0.25, 0.3) is 5.91 Å². The highest BCUT2D eigenvalue weighted by Gasteiger charge is 2.39. The molecule has 0 spiro atoms. The average molecular weight is 570 g/mol. The van der Waals surface area contributed by atoms with Crippen molar-refractivity contribution in [3.05, 3.63) is 68.7 Å². The van der Waals surface area contributed by atoms with Crippen molar-refractivity contribution in [2.24, 2.45) is 11.1 Å². The minimum atomic E-state index is -4.61. The van der Waals surface area contributed by atoms with E-state index in [2.05, 4.69) is 5.16 Å². The highest BCUT2D eigenvalue weighted by atomic mass is 35.5. The molecule has 38 heavy (non-hydrogen) atoms. The van der Waals surface area contributed by atoms with Crippen LogP contribution < -0.4 is 5.32 Å². The second-order valence-corrected chi connectivity index (χ2v) is 10.5. The van der Waals surface area contributed by atoms with E-state index in [0.29, 0.717) is 46.1 Å². The van der Waals surface area contributed by atoms with Crippen molar-refractivity contribution in [3.63, 3.8) is 0 Å². The Labute approximate surface area is 226 Å². The lowest BCUT2D eigenvalue weighted by Crippen LogP contribution is -2.46. The zero-order valence-corrected chi connectivity index (χ0v) is 22.0. The number of hydrogen-bond acceptors (Lipinski definition) is 5. The predicted molar refractivity (Wildman–Crippen MR) is 135 cm³/mol. The molecular formula is C26H24Cl2F3N3O4. The molecule has 12 heteroatoms. The number of imide groups is 1. The van der Waals surface area contributed by atoms with Crippen molar-refractivity contribution in [2.45, 2.75) is 44.9 Å². The molecule has 0 radical (unpaired) electrons. The summed E-state index contributed by atoms with van der Waals surface area (Å²) in [5.74, 6) is -2.82. The molecule has 1 saturated carbocycles. The lowest BCUT2D eigenvalue weighted by molar-refractivity contribution is -0.141. The molecule has 2 aliphatic rings. The maximum absolute atomic E-state index is 13.3. The summed E-state index contributed by atoms with van der Waals surface area (Å²) < 4.78 is 37.4. The van der Waals surface area contributed by atoms with Gasteiger partial charge < -0.3 is 10.2 Å². The fraction of sp³-hybridized carbons (Fsp3) is 0.385. The van der Waals surface area contributed by atoms with Gasteiger partial charge >= 0.3 is 6.18 Å².